The van der Waals surface area contributed by atoms with E-state index in [-0.39, 0.29) is 12.8 Å². The smallest absolute Gasteiger partial charge is 0.0158 e. The third-order valence-corrected chi connectivity index (χ3v) is 3.49. The van der Waals surface area contributed by atoms with Crippen LogP contribution >= 0.6 is 0 Å². The molecule has 0 aromatic heterocycles. The van der Waals surface area contributed by atoms with Gasteiger partial charge in [0.1, 0.15) is 0 Å². The molecule has 3 rings (SSSR count). The monoisotopic (exact) mass is 350 g/mol. The lowest BCUT2D eigenvalue weighted by atomic mass is 9.82. The van der Waals surface area contributed by atoms with Gasteiger partial charge in [-0.05, 0) is 36.1 Å². The predicted octanol–water partition coefficient (Wildman–Crippen LogP) is 8.29. The van der Waals surface area contributed by atoms with Gasteiger partial charge in [0.05, 0.1) is 0 Å². The zero-order valence-corrected chi connectivity index (χ0v) is 16.8. The lowest BCUT2D eigenvalue weighted by Gasteiger charge is -2.20. The van der Waals surface area contributed by atoms with Gasteiger partial charge in [-0.1, -0.05) is 95.8 Å². The molecule has 0 fully saturated rings. The Morgan fingerprint density at radius 3 is 1.23 bits per heavy atom. The Labute approximate surface area is 163 Å². The van der Waals surface area contributed by atoms with Crippen molar-refractivity contribution in [2.75, 3.05) is 0 Å². The van der Waals surface area contributed by atoms with E-state index in [1.54, 1.807) is 12.2 Å². The van der Waals surface area contributed by atoms with Gasteiger partial charge in [-0.2, -0.15) is 0 Å². The summed E-state index contributed by atoms with van der Waals surface area (Å²) >= 11 is 0. The summed E-state index contributed by atoms with van der Waals surface area (Å²) in [5, 5.41) is 0. The number of fused-ring (bicyclic) bond motifs is 3. The van der Waals surface area contributed by atoms with Crippen molar-refractivity contribution >= 4 is 0 Å². The minimum atomic E-state index is 0. The standard InChI is InChI=1S/C15H14.2C3H6.C2H6.C2H2.CH4/c1-15(2)13-9-5-3-7-11(13)12-8-4-6-10-14(12)15;2*1-3-2;2*1-2;/h3-10H,1-2H3;2*3H,1H2,2H3;1-2H3;1-2H;1H4. The summed E-state index contributed by atoms with van der Waals surface area (Å²) in [6, 6.07) is 17.4. The lowest BCUT2D eigenvalue weighted by Crippen LogP contribution is -2.14. The Hall–Kier alpha value is -2.52. The highest BCUT2D eigenvalue weighted by Gasteiger charge is 2.34. The van der Waals surface area contributed by atoms with Crippen LogP contribution in [0.25, 0.3) is 11.1 Å². The topological polar surface area (TPSA) is 0 Å². The molecular formula is C26H38. The Morgan fingerprint density at radius 1 is 0.731 bits per heavy atom. The van der Waals surface area contributed by atoms with Crippen LogP contribution in [-0.4, -0.2) is 0 Å². The molecule has 0 radical (unpaired) electrons. The molecule has 2 aromatic carbocycles. The van der Waals surface area contributed by atoms with Crippen LogP contribution in [0.1, 0.15) is 60.1 Å². The second kappa shape index (κ2) is 16.0. The van der Waals surface area contributed by atoms with E-state index in [1.807, 2.05) is 27.7 Å². The summed E-state index contributed by atoms with van der Waals surface area (Å²) in [6.45, 7) is 19.1. The number of terminal acetylenes is 1. The van der Waals surface area contributed by atoms with Crippen molar-refractivity contribution in [3.05, 3.63) is 85.0 Å². The molecule has 0 amide bonds. The molecule has 0 heterocycles. The third kappa shape index (κ3) is 7.16. The highest BCUT2D eigenvalue weighted by Crippen LogP contribution is 2.47. The first-order chi connectivity index (χ1) is 12.0. The molecular weight excluding hydrogens is 312 g/mol. The fourth-order valence-corrected chi connectivity index (χ4v) is 2.67. The van der Waals surface area contributed by atoms with E-state index < -0.39 is 0 Å². The van der Waals surface area contributed by atoms with Crippen LogP contribution in [0.15, 0.2) is 73.8 Å². The molecule has 0 heteroatoms. The molecule has 0 unspecified atom stereocenters. The van der Waals surface area contributed by atoms with Gasteiger partial charge in [0.2, 0.25) is 0 Å². The van der Waals surface area contributed by atoms with Gasteiger partial charge < -0.3 is 0 Å². The maximum absolute atomic E-state index is 4.00. The zero-order valence-electron chi connectivity index (χ0n) is 16.8. The van der Waals surface area contributed by atoms with Crippen molar-refractivity contribution in [2.24, 2.45) is 0 Å². The van der Waals surface area contributed by atoms with Crippen LogP contribution in [0.2, 0.25) is 0 Å². The normalized spacial score (nSPS) is 10.5. The second-order valence-corrected chi connectivity index (χ2v) is 5.53. The van der Waals surface area contributed by atoms with Crippen molar-refractivity contribution in [1.29, 1.82) is 0 Å². The Morgan fingerprint density at radius 2 is 0.962 bits per heavy atom. The van der Waals surface area contributed by atoms with Crippen LogP contribution in [0.4, 0.5) is 0 Å². The fraction of sp³-hybridized carbons (Fsp3) is 0.308. The molecule has 142 valence electrons. The minimum Gasteiger partial charge on any atom is -0.124 e. The highest BCUT2D eigenvalue weighted by atomic mass is 14.4. The van der Waals surface area contributed by atoms with Gasteiger partial charge >= 0.3 is 0 Å². The van der Waals surface area contributed by atoms with E-state index >= 15 is 0 Å². The second-order valence-electron chi connectivity index (χ2n) is 5.53. The van der Waals surface area contributed by atoms with Crippen molar-refractivity contribution in [2.45, 2.75) is 54.4 Å². The van der Waals surface area contributed by atoms with Crippen LogP contribution < -0.4 is 0 Å². The molecule has 26 heavy (non-hydrogen) atoms. The number of allylic oxidation sites excluding steroid dienone is 2. The molecule has 1 aliphatic carbocycles. The molecule has 1 aliphatic rings. The quantitative estimate of drug-likeness (QED) is 0.331. The molecule has 0 nitrogen and oxygen atoms in total. The first-order valence-corrected chi connectivity index (χ1v) is 8.71. The highest BCUT2D eigenvalue weighted by molar-refractivity contribution is 5.80. The summed E-state index contributed by atoms with van der Waals surface area (Å²) in [6.07, 6.45) is 11.5. The van der Waals surface area contributed by atoms with Crippen molar-refractivity contribution < 1.29 is 0 Å². The molecule has 0 saturated heterocycles. The van der Waals surface area contributed by atoms with Gasteiger partial charge in [-0.3, -0.25) is 0 Å². The number of hydrogen-bond acceptors (Lipinski definition) is 0. The van der Waals surface area contributed by atoms with Crippen molar-refractivity contribution in [3.63, 3.8) is 0 Å². The molecule has 0 N–H and O–H groups in total. The average Bonchev–Trinajstić information content (AvgIpc) is 2.89. The first-order valence-electron chi connectivity index (χ1n) is 8.71. The number of rotatable bonds is 0. The molecule has 0 bridgehead atoms. The summed E-state index contributed by atoms with van der Waals surface area (Å²) in [5.41, 5.74) is 5.86. The molecule has 0 aliphatic heterocycles. The van der Waals surface area contributed by atoms with Crippen LogP contribution in [0.5, 0.6) is 0 Å². The molecule has 2 aromatic rings. The Bertz CT molecular complexity index is 588. The predicted molar refractivity (Wildman–Crippen MR) is 124 cm³/mol. The van der Waals surface area contributed by atoms with E-state index in [2.05, 4.69) is 88.4 Å². The number of benzene rings is 2. The number of hydrogen-bond donors (Lipinski definition) is 0. The van der Waals surface area contributed by atoms with Gasteiger partial charge in [-0.25, -0.2) is 0 Å². The molecule has 0 atom stereocenters. The third-order valence-electron chi connectivity index (χ3n) is 3.49. The van der Waals surface area contributed by atoms with Crippen LogP contribution in [0, 0.1) is 12.8 Å². The van der Waals surface area contributed by atoms with E-state index in [9.17, 15) is 0 Å². The zero-order chi connectivity index (χ0) is 19.9. The Kier molecular flexibility index (Phi) is 17.4. The van der Waals surface area contributed by atoms with E-state index in [0.717, 1.165) is 0 Å². The first kappa shape index (κ1) is 28.3. The maximum atomic E-state index is 4.00. The SMILES string of the molecule is C.C#C.C=CC.C=CC.CC.CC1(C)c2ccccc2-c2ccccc21. The van der Waals surface area contributed by atoms with Crippen LogP contribution in [-0.2, 0) is 5.41 Å². The van der Waals surface area contributed by atoms with Crippen molar-refractivity contribution in [1.82, 2.24) is 0 Å². The van der Waals surface area contributed by atoms with E-state index in [1.165, 1.54) is 22.3 Å². The van der Waals surface area contributed by atoms with Crippen molar-refractivity contribution in [3.8, 4) is 24.0 Å². The van der Waals surface area contributed by atoms with Gasteiger partial charge in [-0.15, -0.1) is 26.0 Å². The largest absolute Gasteiger partial charge is 0.124 e. The lowest BCUT2D eigenvalue weighted by molar-refractivity contribution is 0.660. The van der Waals surface area contributed by atoms with E-state index in [0.29, 0.717) is 0 Å². The van der Waals surface area contributed by atoms with Gasteiger partial charge in [0.15, 0.2) is 0 Å². The summed E-state index contributed by atoms with van der Waals surface area (Å²) < 4.78 is 0. The Balaban J connectivity index is -0.000000415. The minimum absolute atomic E-state index is 0. The maximum Gasteiger partial charge on any atom is 0.0158 e. The van der Waals surface area contributed by atoms with Crippen LogP contribution in [0.3, 0.4) is 0 Å². The summed E-state index contributed by atoms with van der Waals surface area (Å²) in [7, 11) is 0. The molecule has 0 saturated carbocycles. The fourth-order valence-electron chi connectivity index (χ4n) is 2.67. The summed E-state index contributed by atoms with van der Waals surface area (Å²) in [4.78, 5) is 0. The summed E-state index contributed by atoms with van der Waals surface area (Å²) in [5.74, 6) is 0. The van der Waals surface area contributed by atoms with Gasteiger partial charge in [0.25, 0.3) is 0 Å². The average molecular weight is 351 g/mol. The van der Waals surface area contributed by atoms with Gasteiger partial charge in [0, 0.05) is 5.41 Å². The molecule has 0 spiro atoms. The van der Waals surface area contributed by atoms with E-state index in [4.69, 9.17) is 0 Å².